The van der Waals surface area contributed by atoms with E-state index < -0.39 is 0 Å². The van der Waals surface area contributed by atoms with E-state index in [0.717, 1.165) is 16.8 Å². The lowest BCUT2D eigenvalue weighted by Crippen LogP contribution is -2.15. The lowest BCUT2D eigenvalue weighted by atomic mass is 10.1. The summed E-state index contributed by atoms with van der Waals surface area (Å²) in [5.74, 6) is 0.661. The van der Waals surface area contributed by atoms with E-state index >= 15 is 0 Å². The molecule has 0 aliphatic carbocycles. The highest BCUT2D eigenvalue weighted by atomic mass is 16.5. The molecule has 0 atom stereocenters. The summed E-state index contributed by atoms with van der Waals surface area (Å²) in [4.78, 5) is 12.1. The van der Waals surface area contributed by atoms with E-state index in [1.165, 1.54) is 0 Å². The molecule has 0 fully saturated rings. The molecular weight excluding hydrogens is 264 g/mol. The van der Waals surface area contributed by atoms with E-state index in [1.807, 2.05) is 49.4 Å². The van der Waals surface area contributed by atoms with Crippen LogP contribution in [0.2, 0.25) is 0 Å². The second-order valence-electron chi connectivity index (χ2n) is 4.82. The smallest absolute Gasteiger partial charge is 0.228 e. The van der Waals surface area contributed by atoms with E-state index in [1.54, 1.807) is 6.07 Å². The monoisotopic (exact) mass is 284 g/mol. The van der Waals surface area contributed by atoms with Crippen LogP contribution in [0.4, 0.5) is 5.69 Å². The number of ether oxygens (including phenoxy) is 1. The van der Waals surface area contributed by atoms with E-state index in [2.05, 4.69) is 5.32 Å². The van der Waals surface area contributed by atoms with Gasteiger partial charge >= 0.3 is 0 Å². The molecule has 0 unspecified atom stereocenters. The van der Waals surface area contributed by atoms with Crippen LogP contribution < -0.4 is 15.8 Å². The fraction of sp³-hybridized carbons (Fsp3) is 0.235. The summed E-state index contributed by atoms with van der Waals surface area (Å²) < 4.78 is 5.44. The summed E-state index contributed by atoms with van der Waals surface area (Å²) in [5, 5.41) is 2.88. The Bertz CT molecular complexity index is 611. The molecule has 0 aliphatic rings. The summed E-state index contributed by atoms with van der Waals surface area (Å²) in [6.45, 7) is 2.92. The predicted octanol–water partition coefficient (Wildman–Crippen LogP) is 2.51. The highest BCUT2D eigenvalue weighted by molar-refractivity contribution is 5.92. The maximum atomic E-state index is 12.1. The number of amides is 1. The predicted molar refractivity (Wildman–Crippen MR) is 84.5 cm³/mol. The lowest BCUT2D eigenvalue weighted by Gasteiger charge is -2.09. The average Bonchev–Trinajstić information content (AvgIpc) is 2.48. The van der Waals surface area contributed by atoms with Crippen LogP contribution >= 0.6 is 0 Å². The van der Waals surface area contributed by atoms with Gasteiger partial charge in [-0.05, 0) is 30.2 Å². The third kappa shape index (κ3) is 4.61. The summed E-state index contributed by atoms with van der Waals surface area (Å²) in [6.07, 6.45) is 0.362. The molecule has 0 bridgehead atoms. The van der Waals surface area contributed by atoms with Gasteiger partial charge < -0.3 is 15.8 Å². The number of benzene rings is 2. The van der Waals surface area contributed by atoms with Crippen LogP contribution in [0, 0.1) is 6.92 Å². The zero-order valence-corrected chi connectivity index (χ0v) is 12.1. The van der Waals surface area contributed by atoms with Crippen LogP contribution in [-0.2, 0) is 11.2 Å². The molecule has 21 heavy (non-hydrogen) atoms. The maximum absolute atomic E-state index is 12.1. The van der Waals surface area contributed by atoms with Gasteiger partial charge in [-0.3, -0.25) is 4.79 Å². The molecule has 3 N–H and O–H groups in total. The van der Waals surface area contributed by atoms with Crippen molar-refractivity contribution in [2.45, 2.75) is 13.3 Å². The van der Waals surface area contributed by atoms with Crippen LogP contribution in [0.15, 0.2) is 48.5 Å². The second-order valence-corrected chi connectivity index (χ2v) is 4.82. The van der Waals surface area contributed by atoms with Crippen LogP contribution in [0.1, 0.15) is 11.1 Å². The van der Waals surface area contributed by atoms with Crippen molar-refractivity contribution in [3.8, 4) is 5.75 Å². The fourth-order valence-electron chi connectivity index (χ4n) is 2.03. The topological polar surface area (TPSA) is 64.3 Å². The average molecular weight is 284 g/mol. The van der Waals surface area contributed by atoms with Crippen molar-refractivity contribution < 1.29 is 9.53 Å². The van der Waals surface area contributed by atoms with E-state index in [-0.39, 0.29) is 5.91 Å². The van der Waals surface area contributed by atoms with Crippen molar-refractivity contribution >= 4 is 11.6 Å². The first-order valence-corrected chi connectivity index (χ1v) is 6.96. The van der Waals surface area contributed by atoms with Gasteiger partial charge in [0.05, 0.1) is 6.42 Å². The van der Waals surface area contributed by atoms with Gasteiger partial charge in [0.2, 0.25) is 5.91 Å². The van der Waals surface area contributed by atoms with Crippen molar-refractivity contribution in [2.75, 3.05) is 18.5 Å². The molecule has 0 aliphatic heterocycles. The minimum absolute atomic E-state index is 0.0414. The summed E-state index contributed by atoms with van der Waals surface area (Å²) in [7, 11) is 0. The molecule has 0 spiro atoms. The van der Waals surface area contributed by atoms with Gasteiger partial charge in [0.1, 0.15) is 12.4 Å². The highest BCUT2D eigenvalue weighted by Crippen LogP contribution is 2.18. The molecule has 0 heterocycles. The molecule has 4 heteroatoms. The molecule has 1 amide bonds. The van der Waals surface area contributed by atoms with Crippen molar-refractivity contribution in [2.24, 2.45) is 5.73 Å². The largest absolute Gasteiger partial charge is 0.492 e. The lowest BCUT2D eigenvalue weighted by molar-refractivity contribution is -0.115. The molecular formula is C17H20N2O2. The molecule has 4 nitrogen and oxygen atoms in total. The SMILES string of the molecule is Cc1ccccc1CC(=O)Nc1cccc(OCCN)c1. The second kappa shape index (κ2) is 7.45. The number of carbonyl (C=O) groups excluding carboxylic acids is 1. The summed E-state index contributed by atoms with van der Waals surface area (Å²) in [5.41, 5.74) is 8.28. The number of carbonyl (C=O) groups is 1. The number of anilines is 1. The number of nitrogens with two attached hydrogens (primary N) is 1. The van der Waals surface area contributed by atoms with Gasteiger partial charge in [-0.25, -0.2) is 0 Å². The van der Waals surface area contributed by atoms with Gasteiger partial charge in [-0.2, -0.15) is 0 Å². The molecule has 2 rings (SSSR count). The normalized spacial score (nSPS) is 10.2. The van der Waals surface area contributed by atoms with Gasteiger partial charge in [0.15, 0.2) is 0 Å². The van der Waals surface area contributed by atoms with Crippen molar-refractivity contribution in [1.82, 2.24) is 0 Å². The first-order chi connectivity index (χ1) is 10.2. The summed E-state index contributed by atoms with van der Waals surface area (Å²) >= 11 is 0. The first kappa shape index (κ1) is 15.1. The molecule has 0 saturated heterocycles. The van der Waals surface area contributed by atoms with Crippen molar-refractivity contribution in [1.29, 1.82) is 0 Å². The quantitative estimate of drug-likeness (QED) is 0.856. The highest BCUT2D eigenvalue weighted by Gasteiger charge is 2.06. The van der Waals surface area contributed by atoms with E-state index in [0.29, 0.717) is 25.3 Å². The maximum Gasteiger partial charge on any atom is 0.228 e. The fourth-order valence-corrected chi connectivity index (χ4v) is 2.03. The first-order valence-electron chi connectivity index (χ1n) is 6.96. The van der Waals surface area contributed by atoms with Gasteiger partial charge in [-0.15, -0.1) is 0 Å². The summed E-state index contributed by atoms with van der Waals surface area (Å²) in [6, 6.07) is 15.2. The Morgan fingerprint density at radius 3 is 2.76 bits per heavy atom. The Labute approximate surface area is 124 Å². The Balaban J connectivity index is 1.98. The molecule has 0 radical (unpaired) electrons. The van der Waals surface area contributed by atoms with Crippen molar-refractivity contribution in [3.63, 3.8) is 0 Å². The Hall–Kier alpha value is -2.33. The zero-order chi connectivity index (χ0) is 15.1. The standard InChI is InChI=1S/C17H20N2O2/c1-13-5-2-3-6-14(13)11-17(20)19-15-7-4-8-16(12-15)21-10-9-18/h2-8,12H,9-11,18H2,1H3,(H,19,20). The number of aryl methyl sites for hydroxylation is 1. The third-order valence-corrected chi connectivity index (χ3v) is 3.12. The number of hydrogen-bond donors (Lipinski definition) is 2. The van der Waals surface area contributed by atoms with Crippen molar-refractivity contribution in [3.05, 3.63) is 59.7 Å². The van der Waals surface area contributed by atoms with Gasteiger partial charge in [0.25, 0.3) is 0 Å². The molecule has 0 aromatic heterocycles. The third-order valence-electron chi connectivity index (χ3n) is 3.12. The zero-order valence-electron chi connectivity index (χ0n) is 12.1. The Morgan fingerprint density at radius 1 is 1.19 bits per heavy atom. The van der Waals surface area contributed by atoms with Gasteiger partial charge in [0, 0.05) is 18.3 Å². The number of nitrogens with one attached hydrogen (secondary N) is 1. The van der Waals surface area contributed by atoms with E-state index in [9.17, 15) is 4.79 Å². The molecule has 110 valence electrons. The van der Waals surface area contributed by atoms with Crippen LogP contribution in [0.25, 0.3) is 0 Å². The van der Waals surface area contributed by atoms with Gasteiger partial charge in [-0.1, -0.05) is 30.3 Å². The molecule has 0 saturated carbocycles. The van der Waals surface area contributed by atoms with Crippen LogP contribution in [-0.4, -0.2) is 19.1 Å². The number of rotatable bonds is 6. The minimum Gasteiger partial charge on any atom is -0.492 e. The number of hydrogen-bond acceptors (Lipinski definition) is 3. The molecule has 2 aromatic carbocycles. The molecule has 2 aromatic rings. The Kier molecular flexibility index (Phi) is 5.35. The Morgan fingerprint density at radius 2 is 2.00 bits per heavy atom. The van der Waals surface area contributed by atoms with Crippen LogP contribution in [0.5, 0.6) is 5.75 Å². The van der Waals surface area contributed by atoms with E-state index in [4.69, 9.17) is 10.5 Å². The minimum atomic E-state index is -0.0414. The van der Waals surface area contributed by atoms with Crippen LogP contribution in [0.3, 0.4) is 0 Å².